The Hall–Kier alpha value is -2.11. The maximum atomic E-state index is 12.1. The van der Waals surface area contributed by atoms with E-state index in [1.807, 2.05) is 0 Å². The lowest BCUT2D eigenvalue weighted by Crippen LogP contribution is -2.23. The summed E-state index contributed by atoms with van der Waals surface area (Å²) < 4.78 is 0. The number of benzene rings is 2. The Bertz CT molecular complexity index is 748. The lowest BCUT2D eigenvalue weighted by atomic mass is 10.1. The van der Waals surface area contributed by atoms with Crippen LogP contribution in [0.5, 0.6) is 0 Å². The molecular formula is C15H12Cl2N2O3. The molecule has 0 atom stereocenters. The highest BCUT2D eigenvalue weighted by Gasteiger charge is 2.20. The van der Waals surface area contributed by atoms with Crippen molar-refractivity contribution in [2.45, 2.75) is 13.5 Å². The summed E-state index contributed by atoms with van der Waals surface area (Å²) in [6, 6.07) is 9.37. The van der Waals surface area contributed by atoms with Gasteiger partial charge in [0.05, 0.1) is 4.92 Å². The van der Waals surface area contributed by atoms with Crippen molar-refractivity contribution in [3.05, 3.63) is 73.2 Å². The Morgan fingerprint density at radius 2 is 1.95 bits per heavy atom. The van der Waals surface area contributed by atoms with Crippen LogP contribution in [0.25, 0.3) is 0 Å². The van der Waals surface area contributed by atoms with Gasteiger partial charge in [-0.25, -0.2) is 0 Å². The topological polar surface area (TPSA) is 72.2 Å². The summed E-state index contributed by atoms with van der Waals surface area (Å²) in [5.41, 5.74) is 1.18. The average molecular weight is 339 g/mol. The molecule has 0 spiro atoms. The number of nitrogens with one attached hydrogen (secondary N) is 1. The van der Waals surface area contributed by atoms with Crippen LogP contribution < -0.4 is 5.32 Å². The minimum atomic E-state index is -0.572. The summed E-state index contributed by atoms with van der Waals surface area (Å²) in [4.78, 5) is 22.6. The zero-order chi connectivity index (χ0) is 16.3. The zero-order valence-corrected chi connectivity index (χ0v) is 13.1. The number of nitro benzene ring substituents is 1. The summed E-state index contributed by atoms with van der Waals surface area (Å²) in [5.74, 6) is -0.530. The number of amides is 1. The van der Waals surface area contributed by atoms with E-state index < -0.39 is 10.8 Å². The molecule has 0 aliphatic carbocycles. The average Bonchev–Trinajstić information content (AvgIpc) is 2.45. The van der Waals surface area contributed by atoms with Crippen LogP contribution in [0.3, 0.4) is 0 Å². The highest BCUT2D eigenvalue weighted by Crippen LogP contribution is 2.22. The molecule has 0 unspecified atom stereocenters. The molecule has 5 nitrogen and oxygen atoms in total. The van der Waals surface area contributed by atoms with Crippen molar-refractivity contribution >= 4 is 34.8 Å². The molecule has 7 heteroatoms. The molecule has 2 aromatic carbocycles. The first-order chi connectivity index (χ1) is 10.4. The highest BCUT2D eigenvalue weighted by atomic mass is 35.5. The molecule has 0 radical (unpaired) electrons. The van der Waals surface area contributed by atoms with Crippen molar-refractivity contribution in [3.63, 3.8) is 0 Å². The zero-order valence-electron chi connectivity index (χ0n) is 11.6. The minimum absolute atomic E-state index is 0.0145. The van der Waals surface area contributed by atoms with Crippen LogP contribution in [-0.2, 0) is 6.54 Å². The molecule has 0 bridgehead atoms. The summed E-state index contributed by atoms with van der Waals surface area (Å²) in [6.45, 7) is 1.88. The molecule has 0 aliphatic heterocycles. The molecule has 0 fully saturated rings. The molecule has 22 heavy (non-hydrogen) atoms. The fourth-order valence-corrected chi connectivity index (χ4v) is 2.40. The highest BCUT2D eigenvalue weighted by molar-refractivity contribution is 6.35. The van der Waals surface area contributed by atoms with E-state index in [1.54, 1.807) is 31.2 Å². The Morgan fingerprint density at radius 3 is 2.59 bits per heavy atom. The minimum Gasteiger partial charge on any atom is -0.348 e. The third-order valence-electron chi connectivity index (χ3n) is 3.05. The molecule has 2 rings (SSSR count). The Morgan fingerprint density at radius 1 is 1.23 bits per heavy atom. The van der Waals surface area contributed by atoms with Gasteiger partial charge in [-0.15, -0.1) is 0 Å². The summed E-state index contributed by atoms with van der Waals surface area (Å²) in [7, 11) is 0. The van der Waals surface area contributed by atoms with Crippen LogP contribution >= 0.6 is 23.2 Å². The summed E-state index contributed by atoms with van der Waals surface area (Å²) >= 11 is 11.8. The van der Waals surface area contributed by atoms with E-state index in [9.17, 15) is 14.9 Å². The largest absolute Gasteiger partial charge is 0.348 e. The van der Waals surface area contributed by atoms with Crippen LogP contribution in [0.15, 0.2) is 36.4 Å². The molecule has 0 aromatic heterocycles. The van der Waals surface area contributed by atoms with Crippen molar-refractivity contribution < 1.29 is 9.72 Å². The molecule has 1 N–H and O–H groups in total. The second-order valence-corrected chi connectivity index (χ2v) is 5.54. The van der Waals surface area contributed by atoms with Crippen molar-refractivity contribution in [2.24, 2.45) is 0 Å². The van der Waals surface area contributed by atoms with Gasteiger partial charge in [0.2, 0.25) is 0 Å². The monoisotopic (exact) mass is 338 g/mol. The first kappa shape index (κ1) is 16.3. The SMILES string of the molecule is Cc1ccc(C(=O)NCc2ccc(Cl)cc2Cl)c([N+](=O)[O-])c1. The predicted molar refractivity (Wildman–Crippen MR) is 85.5 cm³/mol. The number of carbonyl (C=O) groups excluding carboxylic acids is 1. The summed E-state index contributed by atoms with van der Waals surface area (Å²) in [6.07, 6.45) is 0. The molecule has 2 aromatic rings. The van der Waals surface area contributed by atoms with Gasteiger partial charge in [-0.1, -0.05) is 35.3 Å². The number of hydrogen-bond donors (Lipinski definition) is 1. The number of carbonyl (C=O) groups is 1. The van der Waals surface area contributed by atoms with Crippen LogP contribution in [-0.4, -0.2) is 10.8 Å². The number of rotatable bonds is 4. The number of halogens is 2. The van der Waals surface area contributed by atoms with Gasteiger partial charge in [0.25, 0.3) is 11.6 Å². The maximum Gasteiger partial charge on any atom is 0.282 e. The molecule has 0 heterocycles. The van der Waals surface area contributed by atoms with Gasteiger partial charge in [-0.05, 0) is 36.2 Å². The number of hydrogen-bond acceptors (Lipinski definition) is 3. The second-order valence-electron chi connectivity index (χ2n) is 4.70. The van der Waals surface area contributed by atoms with Crippen LogP contribution in [0, 0.1) is 17.0 Å². The first-order valence-electron chi connectivity index (χ1n) is 6.35. The fraction of sp³-hybridized carbons (Fsp3) is 0.133. The van der Waals surface area contributed by atoms with Crippen LogP contribution in [0.4, 0.5) is 5.69 Å². The number of nitro groups is 1. The van der Waals surface area contributed by atoms with Gasteiger partial charge in [0, 0.05) is 22.7 Å². The second kappa shape index (κ2) is 6.77. The Balaban J connectivity index is 2.18. The van der Waals surface area contributed by atoms with Gasteiger partial charge in [-0.3, -0.25) is 14.9 Å². The number of aryl methyl sites for hydroxylation is 1. The van der Waals surface area contributed by atoms with Crippen molar-refractivity contribution in [3.8, 4) is 0 Å². The molecule has 1 amide bonds. The van der Waals surface area contributed by atoms with Crippen molar-refractivity contribution in [1.82, 2.24) is 5.32 Å². The Labute approximate surface area is 137 Å². The van der Waals surface area contributed by atoms with Crippen LogP contribution in [0.2, 0.25) is 10.0 Å². The van der Waals surface area contributed by atoms with E-state index in [-0.39, 0.29) is 17.8 Å². The van der Waals surface area contributed by atoms with E-state index in [0.29, 0.717) is 21.2 Å². The molecule has 0 saturated carbocycles. The van der Waals surface area contributed by atoms with Gasteiger partial charge in [0.1, 0.15) is 5.56 Å². The Kier molecular flexibility index (Phi) is 5.00. The normalized spacial score (nSPS) is 10.3. The number of nitrogens with zero attached hydrogens (tertiary/aromatic N) is 1. The molecule has 0 saturated heterocycles. The van der Waals surface area contributed by atoms with E-state index in [2.05, 4.69) is 5.32 Å². The van der Waals surface area contributed by atoms with Gasteiger partial charge in [-0.2, -0.15) is 0 Å². The van der Waals surface area contributed by atoms with E-state index in [4.69, 9.17) is 23.2 Å². The standard InChI is InChI=1S/C15H12Cl2N2O3/c1-9-2-5-12(14(6-9)19(21)22)15(20)18-8-10-3-4-11(16)7-13(10)17/h2-7H,8H2,1H3,(H,18,20). The van der Waals surface area contributed by atoms with Gasteiger partial charge in [0.15, 0.2) is 0 Å². The predicted octanol–water partition coefficient (Wildman–Crippen LogP) is 4.14. The third kappa shape index (κ3) is 3.75. The van der Waals surface area contributed by atoms with Crippen molar-refractivity contribution in [1.29, 1.82) is 0 Å². The molecular weight excluding hydrogens is 327 g/mol. The molecule has 0 aliphatic rings. The smallest absolute Gasteiger partial charge is 0.282 e. The van der Waals surface area contributed by atoms with E-state index >= 15 is 0 Å². The van der Waals surface area contributed by atoms with Crippen molar-refractivity contribution in [2.75, 3.05) is 0 Å². The quantitative estimate of drug-likeness (QED) is 0.672. The summed E-state index contributed by atoms with van der Waals surface area (Å²) in [5, 5.41) is 14.6. The van der Waals surface area contributed by atoms with Gasteiger partial charge >= 0.3 is 0 Å². The van der Waals surface area contributed by atoms with Gasteiger partial charge < -0.3 is 5.32 Å². The first-order valence-corrected chi connectivity index (χ1v) is 7.11. The molecule has 114 valence electrons. The van der Waals surface area contributed by atoms with Crippen LogP contribution in [0.1, 0.15) is 21.5 Å². The van der Waals surface area contributed by atoms with E-state index in [0.717, 1.165) is 0 Å². The van der Waals surface area contributed by atoms with E-state index in [1.165, 1.54) is 12.1 Å². The lowest BCUT2D eigenvalue weighted by molar-refractivity contribution is -0.385. The lowest BCUT2D eigenvalue weighted by Gasteiger charge is -2.08. The fourth-order valence-electron chi connectivity index (χ4n) is 1.92. The third-order valence-corrected chi connectivity index (χ3v) is 3.64. The maximum absolute atomic E-state index is 12.1.